The Kier molecular flexibility index (Phi) is 3.95. The molecule has 2 nitrogen and oxygen atoms in total. The maximum absolute atomic E-state index is 6.25. The summed E-state index contributed by atoms with van der Waals surface area (Å²) in [5.74, 6) is 1.65. The predicted molar refractivity (Wildman–Crippen MR) is 71.7 cm³/mol. The number of hydrogen-bond acceptors (Lipinski definition) is 2. The lowest BCUT2D eigenvalue weighted by atomic mass is 9.96. The minimum Gasteiger partial charge on any atom is -0.493 e. The molecule has 0 spiro atoms. The molecule has 0 aromatic heterocycles. The van der Waals surface area contributed by atoms with Gasteiger partial charge in [-0.3, -0.25) is 0 Å². The summed E-state index contributed by atoms with van der Waals surface area (Å²) < 4.78 is 5.67. The molecular formula is C14H20ClNO. The molecule has 1 atom stereocenters. The number of halogens is 1. The van der Waals surface area contributed by atoms with Crippen molar-refractivity contribution in [3.8, 4) is 5.75 Å². The van der Waals surface area contributed by atoms with Gasteiger partial charge >= 0.3 is 0 Å². The summed E-state index contributed by atoms with van der Waals surface area (Å²) in [7, 11) is 0. The van der Waals surface area contributed by atoms with Crippen LogP contribution in [0.1, 0.15) is 43.9 Å². The fraction of sp³-hybridized carbons (Fsp3) is 0.571. The maximum atomic E-state index is 6.25. The quantitative estimate of drug-likeness (QED) is 0.888. The minimum absolute atomic E-state index is 0.0305. The Hall–Kier alpha value is -0.730. The summed E-state index contributed by atoms with van der Waals surface area (Å²) in [4.78, 5) is 0. The van der Waals surface area contributed by atoms with Crippen LogP contribution in [0.4, 0.5) is 0 Å². The van der Waals surface area contributed by atoms with Gasteiger partial charge in [0.1, 0.15) is 5.75 Å². The molecule has 0 amide bonds. The molecular weight excluding hydrogens is 234 g/mol. The van der Waals surface area contributed by atoms with Crippen molar-refractivity contribution < 1.29 is 4.74 Å². The van der Waals surface area contributed by atoms with Crippen LogP contribution in [0.2, 0.25) is 5.02 Å². The summed E-state index contributed by atoms with van der Waals surface area (Å²) >= 11 is 6.12. The molecule has 0 fully saturated rings. The lowest BCUT2D eigenvalue weighted by Crippen LogP contribution is -2.12. The van der Waals surface area contributed by atoms with Gasteiger partial charge in [-0.05, 0) is 36.5 Å². The van der Waals surface area contributed by atoms with Crippen LogP contribution in [-0.4, -0.2) is 6.61 Å². The van der Waals surface area contributed by atoms with E-state index in [0.29, 0.717) is 5.92 Å². The van der Waals surface area contributed by atoms with E-state index in [4.69, 9.17) is 22.1 Å². The second-order valence-electron chi connectivity index (χ2n) is 5.16. The minimum atomic E-state index is 0.0305. The molecule has 1 unspecified atom stereocenters. The van der Waals surface area contributed by atoms with Gasteiger partial charge in [-0.25, -0.2) is 0 Å². The van der Waals surface area contributed by atoms with Crippen LogP contribution in [-0.2, 0) is 6.42 Å². The fourth-order valence-corrected chi connectivity index (χ4v) is 2.49. The van der Waals surface area contributed by atoms with Crippen molar-refractivity contribution in [3.05, 3.63) is 28.3 Å². The molecule has 0 radical (unpaired) electrons. The molecule has 1 aromatic carbocycles. The molecule has 3 heteroatoms. The van der Waals surface area contributed by atoms with Gasteiger partial charge in [-0.2, -0.15) is 0 Å². The van der Waals surface area contributed by atoms with Crippen LogP contribution in [0, 0.1) is 5.92 Å². The molecule has 0 saturated carbocycles. The van der Waals surface area contributed by atoms with E-state index in [1.807, 2.05) is 12.1 Å². The third-order valence-corrected chi connectivity index (χ3v) is 3.45. The summed E-state index contributed by atoms with van der Waals surface area (Å²) in [6.07, 6.45) is 3.05. The smallest absolute Gasteiger partial charge is 0.127 e. The number of ether oxygens (including phenoxy) is 1. The van der Waals surface area contributed by atoms with Crippen molar-refractivity contribution in [1.82, 2.24) is 0 Å². The molecule has 0 bridgehead atoms. The second-order valence-corrected chi connectivity index (χ2v) is 5.60. The third-order valence-electron chi connectivity index (χ3n) is 3.23. The standard InChI is InChI=1S/C14H20ClNO/c1-9(2)3-4-13(16)12-8-11(15)7-10-5-6-17-14(10)12/h7-9,13H,3-6,16H2,1-2H3. The average molecular weight is 254 g/mol. The van der Waals surface area contributed by atoms with Crippen LogP contribution in [0.3, 0.4) is 0 Å². The van der Waals surface area contributed by atoms with Crippen LogP contribution >= 0.6 is 11.6 Å². The Labute approximate surface area is 108 Å². The van der Waals surface area contributed by atoms with E-state index in [2.05, 4.69) is 13.8 Å². The Bertz CT molecular complexity index is 403. The largest absolute Gasteiger partial charge is 0.493 e. The van der Waals surface area contributed by atoms with E-state index < -0.39 is 0 Å². The average Bonchev–Trinajstić information content (AvgIpc) is 2.72. The summed E-state index contributed by atoms with van der Waals surface area (Å²) in [5.41, 5.74) is 8.52. The van der Waals surface area contributed by atoms with E-state index in [1.54, 1.807) is 0 Å². The first-order valence-electron chi connectivity index (χ1n) is 6.28. The lowest BCUT2D eigenvalue weighted by molar-refractivity contribution is 0.349. The van der Waals surface area contributed by atoms with Gasteiger partial charge in [0.2, 0.25) is 0 Å². The van der Waals surface area contributed by atoms with E-state index >= 15 is 0 Å². The molecule has 1 aromatic rings. The maximum Gasteiger partial charge on any atom is 0.127 e. The number of nitrogens with two attached hydrogens (primary N) is 1. The molecule has 0 aliphatic carbocycles. The predicted octanol–water partition coefficient (Wildman–Crippen LogP) is 3.71. The van der Waals surface area contributed by atoms with Crippen molar-refractivity contribution >= 4 is 11.6 Å². The Morgan fingerprint density at radius 2 is 2.12 bits per heavy atom. The van der Waals surface area contributed by atoms with Gasteiger partial charge in [0.15, 0.2) is 0 Å². The van der Waals surface area contributed by atoms with Crippen molar-refractivity contribution in [2.45, 2.75) is 39.2 Å². The molecule has 1 aliphatic rings. The summed E-state index contributed by atoms with van der Waals surface area (Å²) in [5, 5.41) is 0.768. The highest BCUT2D eigenvalue weighted by molar-refractivity contribution is 6.30. The number of rotatable bonds is 4. The summed E-state index contributed by atoms with van der Waals surface area (Å²) in [6.45, 7) is 5.18. The van der Waals surface area contributed by atoms with Gasteiger partial charge in [0, 0.05) is 23.0 Å². The van der Waals surface area contributed by atoms with E-state index in [1.165, 1.54) is 5.56 Å². The molecule has 0 saturated heterocycles. The molecule has 94 valence electrons. The number of benzene rings is 1. The van der Waals surface area contributed by atoms with Crippen LogP contribution < -0.4 is 10.5 Å². The third kappa shape index (κ3) is 2.93. The topological polar surface area (TPSA) is 35.2 Å². The van der Waals surface area contributed by atoms with E-state index in [-0.39, 0.29) is 6.04 Å². The monoisotopic (exact) mass is 253 g/mol. The van der Waals surface area contributed by atoms with Gasteiger partial charge in [-0.15, -0.1) is 0 Å². The molecule has 1 heterocycles. The Balaban J connectivity index is 2.20. The van der Waals surface area contributed by atoms with Crippen LogP contribution in [0.15, 0.2) is 12.1 Å². The van der Waals surface area contributed by atoms with Crippen LogP contribution in [0.25, 0.3) is 0 Å². The summed E-state index contributed by atoms with van der Waals surface area (Å²) in [6, 6.07) is 3.97. The van der Waals surface area contributed by atoms with E-state index in [0.717, 1.165) is 42.2 Å². The first-order chi connectivity index (χ1) is 8.08. The molecule has 2 rings (SSSR count). The van der Waals surface area contributed by atoms with Gasteiger partial charge in [-0.1, -0.05) is 25.4 Å². The fourth-order valence-electron chi connectivity index (χ4n) is 2.24. The van der Waals surface area contributed by atoms with Crippen molar-refractivity contribution in [2.75, 3.05) is 6.61 Å². The zero-order chi connectivity index (χ0) is 12.4. The van der Waals surface area contributed by atoms with Crippen LogP contribution in [0.5, 0.6) is 5.75 Å². The SMILES string of the molecule is CC(C)CCC(N)c1cc(Cl)cc2c1OCC2. The molecule has 17 heavy (non-hydrogen) atoms. The van der Waals surface area contributed by atoms with Crippen molar-refractivity contribution in [3.63, 3.8) is 0 Å². The Morgan fingerprint density at radius 1 is 1.35 bits per heavy atom. The highest BCUT2D eigenvalue weighted by atomic mass is 35.5. The van der Waals surface area contributed by atoms with Gasteiger partial charge in [0.25, 0.3) is 0 Å². The first-order valence-corrected chi connectivity index (χ1v) is 6.66. The van der Waals surface area contributed by atoms with Crippen molar-refractivity contribution in [2.24, 2.45) is 11.7 Å². The second kappa shape index (κ2) is 5.28. The highest BCUT2D eigenvalue weighted by Crippen LogP contribution is 2.37. The lowest BCUT2D eigenvalue weighted by Gasteiger charge is -2.17. The Morgan fingerprint density at radius 3 is 2.82 bits per heavy atom. The zero-order valence-electron chi connectivity index (χ0n) is 10.5. The first kappa shape index (κ1) is 12.7. The molecule has 2 N–H and O–H groups in total. The van der Waals surface area contributed by atoms with Gasteiger partial charge in [0.05, 0.1) is 6.61 Å². The zero-order valence-corrected chi connectivity index (χ0v) is 11.3. The number of fused-ring (bicyclic) bond motifs is 1. The van der Waals surface area contributed by atoms with E-state index in [9.17, 15) is 0 Å². The van der Waals surface area contributed by atoms with Crippen molar-refractivity contribution in [1.29, 1.82) is 0 Å². The highest BCUT2D eigenvalue weighted by Gasteiger charge is 2.21. The van der Waals surface area contributed by atoms with Gasteiger partial charge < -0.3 is 10.5 Å². The normalized spacial score (nSPS) is 15.8. The molecule has 1 aliphatic heterocycles. The number of hydrogen-bond donors (Lipinski definition) is 1.